The highest BCUT2D eigenvalue weighted by Gasteiger charge is 2.37. The molecule has 0 aliphatic heterocycles. The Morgan fingerprint density at radius 2 is 1.55 bits per heavy atom. The zero-order valence-corrected chi connectivity index (χ0v) is 15.2. The van der Waals surface area contributed by atoms with Crippen molar-refractivity contribution in [2.75, 3.05) is 25.0 Å². The fourth-order valence-corrected chi connectivity index (χ4v) is 3.48. The van der Waals surface area contributed by atoms with Gasteiger partial charge in [-0.05, 0) is 52.2 Å². The summed E-state index contributed by atoms with van der Waals surface area (Å²) in [4.78, 5) is 13.0. The molecule has 0 fully saturated rings. The van der Waals surface area contributed by atoms with E-state index in [1.165, 1.54) is 0 Å². The predicted octanol–water partition coefficient (Wildman–Crippen LogP) is 4.29. The maximum absolute atomic E-state index is 13.0. The topological polar surface area (TPSA) is 29.1 Å². The Morgan fingerprint density at radius 3 is 1.95 bits per heavy atom. The van der Waals surface area contributed by atoms with Crippen LogP contribution in [0.3, 0.4) is 0 Å². The van der Waals surface area contributed by atoms with Gasteiger partial charge in [0, 0.05) is 12.1 Å². The summed E-state index contributed by atoms with van der Waals surface area (Å²) in [6.45, 7) is 15.9. The molecule has 0 saturated carbocycles. The van der Waals surface area contributed by atoms with Gasteiger partial charge < -0.3 is 9.80 Å². The molecule has 1 N–H and O–H groups in total. The molecule has 0 saturated heterocycles. The van der Waals surface area contributed by atoms with Crippen LogP contribution in [0.4, 0.5) is 5.69 Å². The molecule has 22 heavy (non-hydrogen) atoms. The molecule has 1 unspecified atom stereocenters. The number of likely N-dealkylation sites (N-methyl/N-ethyl adjacent to an activating group) is 1. The number of hydrogen-bond donors (Lipinski definition) is 1. The van der Waals surface area contributed by atoms with Gasteiger partial charge in [-0.2, -0.15) is 0 Å². The van der Waals surface area contributed by atoms with Gasteiger partial charge in [-0.15, -0.1) is 0 Å². The summed E-state index contributed by atoms with van der Waals surface area (Å²) in [5.41, 5.74) is 3.24. The minimum atomic E-state index is 0.0315. The summed E-state index contributed by atoms with van der Waals surface area (Å²) in [5, 5.41) is 3.22. The number of rotatable bonds is 8. The highest BCUT2D eigenvalue weighted by Crippen LogP contribution is 2.23. The number of nitrogens with zero attached hydrogens (tertiary/aromatic N) is 1. The van der Waals surface area contributed by atoms with Gasteiger partial charge in [-0.25, -0.2) is 0 Å². The first-order valence-corrected chi connectivity index (χ1v) is 8.68. The van der Waals surface area contributed by atoms with Gasteiger partial charge in [0.15, 0.2) is 6.04 Å². The molecule has 1 aromatic rings. The quantitative estimate of drug-likeness (QED) is 0.713. The monoisotopic (exact) mass is 305 g/mol. The van der Waals surface area contributed by atoms with Crippen LogP contribution >= 0.6 is 0 Å². The van der Waals surface area contributed by atoms with Crippen LogP contribution in [-0.2, 0) is 4.79 Å². The number of anilines is 1. The number of nitrogens with one attached hydrogen (secondary N) is 1. The smallest absolute Gasteiger partial charge is 0.282 e. The van der Waals surface area contributed by atoms with Gasteiger partial charge in [0.2, 0.25) is 0 Å². The van der Waals surface area contributed by atoms with Crippen molar-refractivity contribution in [3.63, 3.8) is 0 Å². The second-order valence-corrected chi connectivity index (χ2v) is 6.23. The predicted molar refractivity (Wildman–Crippen MR) is 95.1 cm³/mol. The highest BCUT2D eigenvalue weighted by molar-refractivity contribution is 5.95. The van der Waals surface area contributed by atoms with Crippen LogP contribution in [0.2, 0.25) is 0 Å². The van der Waals surface area contributed by atoms with Crippen LogP contribution < -0.4 is 5.32 Å². The first-order valence-electron chi connectivity index (χ1n) is 8.68. The van der Waals surface area contributed by atoms with Crippen LogP contribution in [0.1, 0.15) is 51.7 Å². The van der Waals surface area contributed by atoms with Crippen LogP contribution in [0, 0.1) is 13.8 Å². The average molecular weight is 305 g/mol. The van der Waals surface area contributed by atoms with Crippen molar-refractivity contribution in [2.24, 2.45) is 0 Å². The number of amides is 1. The Balaban J connectivity index is 3.09. The van der Waals surface area contributed by atoms with E-state index in [4.69, 9.17) is 0 Å². The number of aryl methyl sites for hydroxylation is 2. The molecule has 124 valence electrons. The van der Waals surface area contributed by atoms with E-state index in [1.54, 1.807) is 0 Å². The molecule has 1 rings (SSSR count). The summed E-state index contributed by atoms with van der Waals surface area (Å²) >= 11 is 0. The van der Waals surface area contributed by atoms with Crippen LogP contribution in [-0.4, -0.2) is 36.1 Å². The van der Waals surface area contributed by atoms with Crippen molar-refractivity contribution < 1.29 is 9.28 Å². The van der Waals surface area contributed by atoms with E-state index in [0.717, 1.165) is 53.8 Å². The standard InChI is InChI=1S/C19H32N2O/c1-7-12-17(21(8-2,9-3)10-4)19(22)20-18-15(5)13-11-14-16(18)6/h11,13-14,17H,7-10,12H2,1-6H3/p+1. The minimum absolute atomic E-state index is 0.0315. The van der Waals surface area contributed by atoms with Gasteiger partial charge in [-0.3, -0.25) is 4.79 Å². The summed E-state index contributed by atoms with van der Waals surface area (Å²) < 4.78 is 0.866. The average Bonchev–Trinajstić information content (AvgIpc) is 2.52. The maximum atomic E-state index is 13.0. The molecule has 0 spiro atoms. The Bertz CT molecular complexity index is 464. The van der Waals surface area contributed by atoms with Gasteiger partial charge >= 0.3 is 0 Å². The van der Waals surface area contributed by atoms with E-state index < -0.39 is 0 Å². The van der Waals surface area contributed by atoms with Crippen molar-refractivity contribution >= 4 is 11.6 Å². The Kier molecular flexibility index (Phi) is 7.08. The van der Waals surface area contributed by atoms with Crippen molar-refractivity contribution in [2.45, 2.75) is 60.4 Å². The summed E-state index contributed by atoms with van der Waals surface area (Å²) in [6, 6.07) is 6.18. The number of carbonyl (C=O) groups excluding carboxylic acids is 1. The van der Waals surface area contributed by atoms with Gasteiger partial charge in [-0.1, -0.05) is 25.1 Å². The molecule has 3 heteroatoms. The van der Waals surface area contributed by atoms with Gasteiger partial charge in [0.05, 0.1) is 19.6 Å². The largest absolute Gasteiger partial charge is 0.320 e. The highest BCUT2D eigenvalue weighted by atomic mass is 16.2. The number of benzene rings is 1. The molecule has 0 bridgehead atoms. The lowest BCUT2D eigenvalue weighted by Gasteiger charge is -2.42. The number of hydrogen-bond acceptors (Lipinski definition) is 1. The minimum Gasteiger partial charge on any atom is -0.320 e. The molecular weight excluding hydrogens is 272 g/mol. The van der Waals surface area contributed by atoms with Gasteiger partial charge in [0.25, 0.3) is 5.91 Å². The summed E-state index contributed by atoms with van der Waals surface area (Å²) in [7, 11) is 0. The van der Waals surface area contributed by atoms with Crippen molar-refractivity contribution in [1.82, 2.24) is 0 Å². The lowest BCUT2D eigenvalue weighted by Crippen LogP contribution is -2.59. The van der Waals surface area contributed by atoms with Crippen LogP contribution in [0.15, 0.2) is 18.2 Å². The third-order valence-corrected chi connectivity index (χ3v) is 5.14. The second kappa shape index (κ2) is 8.33. The van der Waals surface area contributed by atoms with E-state index in [-0.39, 0.29) is 11.9 Å². The molecule has 0 radical (unpaired) electrons. The van der Waals surface area contributed by atoms with Crippen molar-refractivity contribution in [3.05, 3.63) is 29.3 Å². The molecule has 1 atom stereocenters. The molecule has 1 amide bonds. The van der Waals surface area contributed by atoms with E-state index in [2.05, 4.69) is 59.0 Å². The zero-order chi connectivity index (χ0) is 16.8. The maximum Gasteiger partial charge on any atom is 0.282 e. The van der Waals surface area contributed by atoms with Crippen LogP contribution in [0.5, 0.6) is 0 Å². The molecule has 0 aliphatic carbocycles. The van der Waals surface area contributed by atoms with E-state index >= 15 is 0 Å². The molecular formula is C19H33N2O+. The molecule has 1 aromatic carbocycles. The zero-order valence-electron chi connectivity index (χ0n) is 15.2. The fourth-order valence-electron chi connectivity index (χ4n) is 3.48. The lowest BCUT2D eigenvalue weighted by atomic mass is 10.0. The van der Waals surface area contributed by atoms with Gasteiger partial charge in [0.1, 0.15) is 0 Å². The number of para-hydroxylation sites is 1. The lowest BCUT2D eigenvalue weighted by molar-refractivity contribution is -0.938. The molecule has 0 aliphatic rings. The third kappa shape index (κ3) is 3.89. The van der Waals surface area contributed by atoms with E-state index in [9.17, 15) is 4.79 Å². The molecule has 3 nitrogen and oxygen atoms in total. The number of quaternary nitrogens is 1. The first-order chi connectivity index (χ1) is 10.5. The third-order valence-electron chi connectivity index (χ3n) is 5.14. The van der Waals surface area contributed by atoms with E-state index in [1.807, 2.05) is 6.07 Å². The Hall–Kier alpha value is -1.35. The second-order valence-electron chi connectivity index (χ2n) is 6.23. The summed E-state index contributed by atoms with van der Waals surface area (Å²) in [5.74, 6) is 0.171. The van der Waals surface area contributed by atoms with Crippen molar-refractivity contribution in [3.8, 4) is 0 Å². The van der Waals surface area contributed by atoms with E-state index in [0.29, 0.717) is 0 Å². The fraction of sp³-hybridized carbons (Fsp3) is 0.632. The van der Waals surface area contributed by atoms with Crippen LogP contribution in [0.25, 0.3) is 0 Å². The summed E-state index contributed by atoms with van der Waals surface area (Å²) in [6.07, 6.45) is 1.97. The molecule has 0 aromatic heterocycles. The van der Waals surface area contributed by atoms with Crippen molar-refractivity contribution in [1.29, 1.82) is 0 Å². The number of carbonyl (C=O) groups is 1. The Morgan fingerprint density at radius 1 is 1.05 bits per heavy atom. The first kappa shape index (κ1) is 18.7. The normalized spacial score (nSPS) is 13.0. The molecule has 0 heterocycles. The Labute approximate surface area is 136 Å². The SMILES string of the molecule is CCCC(C(=O)Nc1c(C)cccc1C)[N+](CC)(CC)CC.